The molecule has 0 radical (unpaired) electrons. The second-order valence-corrected chi connectivity index (χ2v) is 4.48. The first-order chi connectivity index (χ1) is 6.58. The predicted octanol–water partition coefficient (Wildman–Crippen LogP) is 2.11. The third kappa shape index (κ3) is 1.83. The minimum absolute atomic E-state index is 0.0220. The Balaban J connectivity index is 2.17. The van der Waals surface area contributed by atoms with Crippen LogP contribution in [-0.4, -0.2) is 18.2 Å². The van der Waals surface area contributed by atoms with Gasteiger partial charge in [0.1, 0.15) is 11.9 Å². The van der Waals surface area contributed by atoms with Gasteiger partial charge in [0.05, 0.1) is 11.9 Å². The Morgan fingerprint density at radius 1 is 1.50 bits per heavy atom. The molecular weight excluding hydrogens is 178 g/mol. The van der Waals surface area contributed by atoms with Crippen LogP contribution in [0.5, 0.6) is 0 Å². The fraction of sp³-hybridized carbons (Fsp3) is 0.636. The minimum atomic E-state index is -0.121. The summed E-state index contributed by atoms with van der Waals surface area (Å²) in [5.41, 5.74) is -0.121. The van der Waals surface area contributed by atoms with Crippen LogP contribution in [0.15, 0.2) is 22.8 Å². The molecule has 1 N–H and O–H groups in total. The molecule has 2 atom stereocenters. The zero-order valence-electron chi connectivity index (χ0n) is 8.91. The summed E-state index contributed by atoms with van der Waals surface area (Å²) in [5.74, 6) is 0.901. The van der Waals surface area contributed by atoms with Crippen LogP contribution in [-0.2, 0) is 4.74 Å². The summed E-state index contributed by atoms with van der Waals surface area (Å²) in [6.45, 7) is 7.16. The lowest BCUT2D eigenvalue weighted by atomic mass is 10.0. The van der Waals surface area contributed by atoms with E-state index >= 15 is 0 Å². The van der Waals surface area contributed by atoms with Crippen molar-refractivity contribution in [3.05, 3.63) is 24.2 Å². The van der Waals surface area contributed by atoms with Crippen LogP contribution in [0.2, 0.25) is 0 Å². The highest BCUT2D eigenvalue weighted by atomic mass is 16.5. The summed E-state index contributed by atoms with van der Waals surface area (Å²) in [6, 6.07) is 4.16. The summed E-state index contributed by atoms with van der Waals surface area (Å²) >= 11 is 0. The quantitative estimate of drug-likeness (QED) is 0.745. The number of hydrogen-bond donors (Lipinski definition) is 1. The second kappa shape index (κ2) is 3.41. The van der Waals surface area contributed by atoms with Crippen LogP contribution in [0.3, 0.4) is 0 Å². The zero-order chi connectivity index (χ0) is 10.2. The summed E-state index contributed by atoms with van der Waals surface area (Å²) in [4.78, 5) is 0. The molecule has 0 saturated carbocycles. The zero-order valence-corrected chi connectivity index (χ0v) is 8.91. The average Bonchev–Trinajstić information content (AvgIpc) is 2.62. The maximum atomic E-state index is 5.97. The van der Waals surface area contributed by atoms with Crippen molar-refractivity contribution >= 4 is 0 Å². The van der Waals surface area contributed by atoms with Crippen molar-refractivity contribution in [3.63, 3.8) is 0 Å². The molecule has 0 spiro atoms. The molecule has 1 aliphatic rings. The molecule has 2 rings (SSSR count). The van der Waals surface area contributed by atoms with Crippen molar-refractivity contribution in [1.29, 1.82) is 0 Å². The van der Waals surface area contributed by atoms with Gasteiger partial charge in [0.25, 0.3) is 0 Å². The molecule has 1 aromatic rings. The Kier molecular flexibility index (Phi) is 2.37. The number of ether oxygens (including phenoxy) is 1. The first-order valence-corrected chi connectivity index (χ1v) is 5.03. The Morgan fingerprint density at radius 2 is 2.29 bits per heavy atom. The minimum Gasteiger partial charge on any atom is -0.467 e. The third-order valence-electron chi connectivity index (χ3n) is 2.57. The number of rotatable bonds is 1. The Labute approximate surface area is 84.4 Å². The van der Waals surface area contributed by atoms with Crippen LogP contribution in [0, 0.1) is 0 Å². The SMILES string of the molecule is CC1NCC(C)(C)OC1c1ccco1. The summed E-state index contributed by atoms with van der Waals surface area (Å²) < 4.78 is 11.3. The van der Waals surface area contributed by atoms with Gasteiger partial charge < -0.3 is 14.5 Å². The maximum absolute atomic E-state index is 5.97. The first kappa shape index (κ1) is 9.74. The van der Waals surface area contributed by atoms with E-state index in [-0.39, 0.29) is 11.7 Å². The summed E-state index contributed by atoms with van der Waals surface area (Å²) in [6.07, 6.45) is 1.71. The monoisotopic (exact) mass is 195 g/mol. The van der Waals surface area contributed by atoms with Crippen molar-refractivity contribution in [3.8, 4) is 0 Å². The van der Waals surface area contributed by atoms with Gasteiger partial charge in [-0.2, -0.15) is 0 Å². The van der Waals surface area contributed by atoms with Crippen molar-refractivity contribution < 1.29 is 9.15 Å². The van der Waals surface area contributed by atoms with Gasteiger partial charge in [-0.05, 0) is 32.9 Å². The molecule has 0 aromatic carbocycles. The van der Waals surface area contributed by atoms with E-state index in [0.29, 0.717) is 6.04 Å². The van der Waals surface area contributed by atoms with E-state index in [1.807, 2.05) is 12.1 Å². The molecule has 14 heavy (non-hydrogen) atoms. The lowest BCUT2D eigenvalue weighted by Crippen LogP contribution is -2.51. The number of nitrogens with one attached hydrogen (secondary N) is 1. The third-order valence-corrected chi connectivity index (χ3v) is 2.57. The van der Waals surface area contributed by atoms with Gasteiger partial charge in [-0.3, -0.25) is 0 Å². The molecule has 1 aliphatic heterocycles. The van der Waals surface area contributed by atoms with E-state index < -0.39 is 0 Å². The van der Waals surface area contributed by atoms with E-state index in [0.717, 1.165) is 12.3 Å². The van der Waals surface area contributed by atoms with Crippen molar-refractivity contribution in [2.24, 2.45) is 0 Å². The van der Waals surface area contributed by atoms with E-state index in [4.69, 9.17) is 9.15 Å². The second-order valence-electron chi connectivity index (χ2n) is 4.48. The van der Waals surface area contributed by atoms with E-state index in [1.54, 1.807) is 6.26 Å². The van der Waals surface area contributed by atoms with E-state index in [2.05, 4.69) is 26.1 Å². The molecule has 2 heterocycles. The van der Waals surface area contributed by atoms with Gasteiger partial charge in [0, 0.05) is 12.6 Å². The fourth-order valence-corrected chi connectivity index (χ4v) is 1.76. The van der Waals surface area contributed by atoms with Crippen molar-refractivity contribution in [2.75, 3.05) is 6.54 Å². The van der Waals surface area contributed by atoms with Gasteiger partial charge >= 0.3 is 0 Å². The van der Waals surface area contributed by atoms with Gasteiger partial charge in [0.15, 0.2) is 0 Å². The molecule has 2 unspecified atom stereocenters. The van der Waals surface area contributed by atoms with Gasteiger partial charge in [-0.15, -0.1) is 0 Å². The normalized spacial score (nSPS) is 31.6. The molecule has 1 aromatic heterocycles. The Bertz CT molecular complexity index is 292. The van der Waals surface area contributed by atoms with Gasteiger partial charge in [-0.25, -0.2) is 0 Å². The van der Waals surface area contributed by atoms with Crippen LogP contribution >= 0.6 is 0 Å². The van der Waals surface area contributed by atoms with Crippen LogP contribution < -0.4 is 5.32 Å². The highest BCUT2D eigenvalue weighted by Gasteiger charge is 2.35. The molecule has 78 valence electrons. The lowest BCUT2D eigenvalue weighted by molar-refractivity contribution is -0.122. The first-order valence-electron chi connectivity index (χ1n) is 5.03. The van der Waals surface area contributed by atoms with Crippen molar-refractivity contribution in [2.45, 2.75) is 38.5 Å². The molecule has 0 aliphatic carbocycles. The number of hydrogen-bond acceptors (Lipinski definition) is 3. The summed E-state index contributed by atoms with van der Waals surface area (Å²) in [7, 11) is 0. The molecule has 0 bridgehead atoms. The summed E-state index contributed by atoms with van der Waals surface area (Å²) in [5, 5.41) is 3.43. The van der Waals surface area contributed by atoms with Crippen LogP contribution in [0.1, 0.15) is 32.6 Å². The van der Waals surface area contributed by atoms with E-state index in [9.17, 15) is 0 Å². The highest BCUT2D eigenvalue weighted by Crippen LogP contribution is 2.30. The maximum Gasteiger partial charge on any atom is 0.134 e. The molecule has 1 fully saturated rings. The number of furan rings is 1. The average molecular weight is 195 g/mol. The Hall–Kier alpha value is -0.800. The molecule has 3 heteroatoms. The van der Waals surface area contributed by atoms with Gasteiger partial charge in [-0.1, -0.05) is 0 Å². The predicted molar refractivity (Wildman–Crippen MR) is 54.1 cm³/mol. The van der Waals surface area contributed by atoms with E-state index in [1.165, 1.54) is 0 Å². The standard InChI is InChI=1S/C11H17NO2/c1-8-10(9-5-4-6-13-9)14-11(2,3)7-12-8/h4-6,8,10,12H,7H2,1-3H3. The molecule has 1 saturated heterocycles. The number of morpholine rings is 1. The van der Waals surface area contributed by atoms with Gasteiger partial charge in [0.2, 0.25) is 0 Å². The lowest BCUT2D eigenvalue weighted by Gasteiger charge is -2.39. The topological polar surface area (TPSA) is 34.4 Å². The van der Waals surface area contributed by atoms with Crippen LogP contribution in [0.25, 0.3) is 0 Å². The van der Waals surface area contributed by atoms with Crippen LogP contribution in [0.4, 0.5) is 0 Å². The Morgan fingerprint density at radius 3 is 2.93 bits per heavy atom. The van der Waals surface area contributed by atoms with Crippen molar-refractivity contribution in [1.82, 2.24) is 5.32 Å². The molecular formula is C11H17NO2. The largest absolute Gasteiger partial charge is 0.467 e. The smallest absolute Gasteiger partial charge is 0.134 e. The highest BCUT2D eigenvalue weighted by molar-refractivity contribution is 5.07. The molecule has 3 nitrogen and oxygen atoms in total. The molecule has 0 amide bonds. The fourth-order valence-electron chi connectivity index (χ4n) is 1.76.